The van der Waals surface area contributed by atoms with Crippen molar-refractivity contribution in [3.8, 4) is 0 Å². The molecule has 0 spiro atoms. The number of nitrogens with two attached hydrogens (primary N) is 1. The third kappa shape index (κ3) is 5.04. The van der Waals surface area contributed by atoms with Gasteiger partial charge in [-0.2, -0.15) is 4.98 Å². The van der Waals surface area contributed by atoms with Crippen LogP contribution in [-0.4, -0.2) is 65.7 Å². The van der Waals surface area contributed by atoms with Crippen molar-refractivity contribution < 1.29 is 18.5 Å². The van der Waals surface area contributed by atoms with Crippen molar-refractivity contribution >= 4 is 38.7 Å². The molecule has 188 valence electrons. The topological polar surface area (TPSA) is 166 Å². The summed E-state index contributed by atoms with van der Waals surface area (Å²) >= 11 is 0. The van der Waals surface area contributed by atoms with Gasteiger partial charge in [-0.15, -0.1) is 0 Å². The molecule has 0 aliphatic carbocycles. The quantitative estimate of drug-likeness (QED) is 0.347. The molecular weight excluding hydrogens is 474 g/mol. The van der Waals surface area contributed by atoms with Gasteiger partial charge in [0.2, 0.25) is 5.16 Å². The summed E-state index contributed by atoms with van der Waals surface area (Å²) in [5, 5.41) is -0.302. The minimum atomic E-state index is -3.37. The van der Waals surface area contributed by atoms with Crippen molar-refractivity contribution in [2.24, 2.45) is 0 Å². The van der Waals surface area contributed by atoms with Gasteiger partial charge < -0.3 is 15.4 Å². The largest absolute Gasteiger partial charge is 0.464 e. The van der Waals surface area contributed by atoms with E-state index in [4.69, 9.17) is 15.3 Å². The summed E-state index contributed by atoms with van der Waals surface area (Å²) in [7, 11) is -2.01. The molecule has 0 aliphatic heterocycles. The lowest BCUT2D eigenvalue weighted by Gasteiger charge is -2.23. The lowest BCUT2D eigenvalue weighted by molar-refractivity contribution is -0.147. The first-order valence-corrected chi connectivity index (χ1v) is 12.8. The summed E-state index contributed by atoms with van der Waals surface area (Å²) in [6.45, 7) is 5.07. The highest BCUT2D eigenvalue weighted by atomic mass is 32.2. The maximum atomic E-state index is 13.5. The number of carbonyl (C=O) groups is 2. The molecule has 3 rings (SSSR count). The predicted octanol–water partition coefficient (Wildman–Crippen LogP) is 1.89. The Balaban J connectivity index is 2.25. The van der Waals surface area contributed by atoms with Crippen molar-refractivity contribution in [3.05, 3.63) is 46.4 Å². The van der Waals surface area contributed by atoms with E-state index >= 15 is 0 Å². The first-order valence-electron chi connectivity index (χ1n) is 11.1. The van der Waals surface area contributed by atoms with Crippen molar-refractivity contribution in [2.45, 2.75) is 44.9 Å². The number of nitrogens with zero attached hydrogens (tertiary/aromatic N) is 5. The number of anilines is 1. The van der Waals surface area contributed by atoms with Crippen LogP contribution in [0.25, 0.3) is 11.2 Å². The molecule has 12 nitrogen and oxygen atoms in total. The van der Waals surface area contributed by atoms with Crippen molar-refractivity contribution in [2.75, 3.05) is 25.1 Å². The number of amides is 1. The molecule has 0 bridgehead atoms. The Morgan fingerprint density at radius 3 is 2.49 bits per heavy atom. The number of carbonyl (C=O) groups excluding carboxylic acids is 2. The zero-order valence-electron chi connectivity index (χ0n) is 20.1. The average Bonchev–Trinajstić information content (AvgIpc) is 3.10. The van der Waals surface area contributed by atoms with Gasteiger partial charge in [0.15, 0.2) is 11.5 Å². The zero-order chi connectivity index (χ0) is 25.9. The monoisotopic (exact) mass is 503 g/mol. The molecular formula is C22H29N7O5S. The summed E-state index contributed by atoms with van der Waals surface area (Å²) in [6, 6.07) is 7.18. The Hall–Kier alpha value is -3.74. The number of hydrogen-bond acceptors (Lipinski definition) is 9. The molecule has 2 heterocycles. The number of imidazole rings is 1. The summed E-state index contributed by atoms with van der Waals surface area (Å²) in [4.78, 5) is 48.5. The number of aromatic nitrogens is 4. The van der Waals surface area contributed by atoms with Gasteiger partial charge in [-0.05, 0) is 25.8 Å². The van der Waals surface area contributed by atoms with Crippen LogP contribution in [0.4, 0.5) is 10.6 Å². The second kappa shape index (κ2) is 10.3. The Morgan fingerprint density at radius 2 is 1.89 bits per heavy atom. The molecule has 1 aromatic carbocycles. The van der Waals surface area contributed by atoms with E-state index in [9.17, 15) is 18.6 Å². The molecule has 2 aromatic heterocycles. The molecule has 0 saturated heterocycles. The minimum absolute atomic E-state index is 0.0142. The van der Waals surface area contributed by atoms with Crippen LogP contribution >= 0.6 is 0 Å². The number of ether oxygens (including phenoxy) is 1. The number of nitrogens with one attached hydrogen (secondary N) is 1. The molecule has 2 atom stereocenters. The van der Waals surface area contributed by atoms with E-state index < -0.39 is 33.5 Å². The van der Waals surface area contributed by atoms with Crippen LogP contribution in [0.3, 0.4) is 0 Å². The highest BCUT2D eigenvalue weighted by molar-refractivity contribution is 7.92. The molecule has 13 heteroatoms. The van der Waals surface area contributed by atoms with E-state index in [2.05, 4.69) is 9.97 Å². The second-order valence-corrected chi connectivity index (χ2v) is 10.1. The zero-order valence-corrected chi connectivity index (χ0v) is 20.9. The number of nitrogen functional groups attached to an aromatic ring is 1. The second-order valence-electron chi connectivity index (χ2n) is 7.95. The summed E-state index contributed by atoms with van der Waals surface area (Å²) < 4.78 is 28.1. The van der Waals surface area contributed by atoms with Gasteiger partial charge in [0.1, 0.15) is 21.3 Å². The van der Waals surface area contributed by atoms with Crippen LogP contribution in [0.5, 0.6) is 0 Å². The van der Waals surface area contributed by atoms with Gasteiger partial charge in [-0.3, -0.25) is 4.57 Å². The number of hydrogen-bond donors (Lipinski definition) is 2. The standard InChI is InChI=1S/C22H29N7O5S/c1-5-12-35(24,33)20-25-17(23)16-18(26-20)28(13-15-10-8-7-9-11-15)22(32)29(16)21(31)27(4)14(3)19(30)34-6-2/h7-11,14,24H,5-6,12-13H2,1-4H3,(H2,23,25,26). The number of esters is 1. The SMILES string of the molecule is CCCS(=N)(=O)c1nc(N)c2c(n1)n(Cc1ccccc1)c(=O)n2C(=O)N(C)C(C)C(=O)OCC. The fraction of sp³-hybridized carbons (Fsp3) is 0.409. The van der Waals surface area contributed by atoms with E-state index in [-0.39, 0.29) is 41.0 Å². The van der Waals surface area contributed by atoms with Crippen molar-refractivity contribution in [1.29, 1.82) is 4.78 Å². The summed E-state index contributed by atoms with van der Waals surface area (Å²) in [5.74, 6) is -0.889. The third-order valence-electron chi connectivity index (χ3n) is 5.45. The number of likely N-dealkylation sites (N-methyl/N-ethyl adjacent to an activating group) is 1. The Labute approximate surface area is 202 Å². The highest BCUT2D eigenvalue weighted by Gasteiger charge is 2.31. The van der Waals surface area contributed by atoms with Crippen molar-refractivity contribution in [3.63, 3.8) is 0 Å². The molecule has 0 saturated carbocycles. The van der Waals surface area contributed by atoms with Crippen LogP contribution in [0.15, 0.2) is 40.3 Å². The Bertz CT molecular complexity index is 1410. The lowest BCUT2D eigenvalue weighted by atomic mass is 10.2. The summed E-state index contributed by atoms with van der Waals surface area (Å²) in [6.07, 6.45) is 0.455. The van der Waals surface area contributed by atoms with E-state index in [1.54, 1.807) is 38.1 Å². The van der Waals surface area contributed by atoms with Gasteiger partial charge in [0.25, 0.3) is 0 Å². The Kier molecular flexibility index (Phi) is 7.58. The molecule has 3 N–H and O–H groups in total. The molecule has 2 unspecified atom stereocenters. The normalized spacial score (nSPS) is 13.8. The van der Waals surface area contributed by atoms with Crippen LogP contribution in [0, 0.1) is 4.78 Å². The smallest absolute Gasteiger partial charge is 0.339 e. The van der Waals surface area contributed by atoms with E-state index in [0.717, 1.165) is 15.0 Å². The number of benzene rings is 1. The van der Waals surface area contributed by atoms with Crippen molar-refractivity contribution in [1.82, 2.24) is 24.0 Å². The highest BCUT2D eigenvalue weighted by Crippen LogP contribution is 2.22. The molecule has 0 radical (unpaired) electrons. The molecule has 0 fully saturated rings. The minimum Gasteiger partial charge on any atom is -0.464 e. The fourth-order valence-corrected chi connectivity index (χ4v) is 4.74. The first-order chi connectivity index (χ1) is 16.5. The third-order valence-corrected chi connectivity index (χ3v) is 7.20. The van der Waals surface area contributed by atoms with Crippen LogP contribution in [0.2, 0.25) is 0 Å². The van der Waals surface area contributed by atoms with Crippen LogP contribution in [0.1, 0.15) is 32.8 Å². The fourth-order valence-electron chi connectivity index (χ4n) is 3.51. The molecule has 35 heavy (non-hydrogen) atoms. The van der Waals surface area contributed by atoms with E-state index in [1.807, 2.05) is 6.07 Å². The first kappa shape index (κ1) is 25.9. The van der Waals surface area contributed by atoms with Gasteiger partial charge in [-0.1, -0.05) is 37.3 Å². The maximum Gasteiger partial charge on any atom is 0.339 e. The Morgan fingerprint density at radius 1 is 1.23 bits per heavy atom. The predicted molar refractivity (Wildman–Crippen MR) is 131 cm³/mol. The number of fused-ring (bicyclic) bond motifs is 1. The van der Waals surface area contributed by atoms with Gasteiger partial charge in [0, 0.05) is 12.8 Å². The maximum absolute atomic E-state index is 13.5. The molecule has 3 aromatic rings. The van der Waals surface area contributed by atoms with Crippen LogP contribution < -0.4 is 11.4 Å². The molecule has 0 aliphatic rings. The molecule has 1 amide bonds. The van der Waals surface area contributed by atoms with E-state index in [0.29, 0.717) is 6.42 Å². The number of rotatable bonds is 8. The van der Waals surface area contributed by atoms with Gasteiger partial charge >= 0.3 is 17.7 Å². The lowest BCUT2D eigenvalue weighted by Crippen LogP contribution is -2.46. The van der Waals surface area contributed by atoms with Gasteiger partial charge in [0.05, 0.1) is 13.2 Å². The summed E-state index contributed by atoms with van der Waals surface area (Å²) in [5.41, 5.74) is 6.02. The van der Waals surface area contributed by atoms with E-state index in [1.165, 1.54) is 18.5 Å². The van der Waals surface area contributed by atoms with Crippen LogP contribution in [-0.2, 0) is 25.8 Å². The average molecular weight is 504 g/mol. The van der Waals surface area contributed by atoms with Gasteiger partial charge in [-0.25, -0.2) is 32.9 Å².